The van der Waals surface area contributed by atoms with Gasteiger partial charge in [0, 0.05) is 37.6 Å². The minimum absolute atomic E-state index is 0.541. The molecule has 100 valence electrons. The van der Waals surface area contributed by atoms with E-state index < -0.39 is 0 Å². The lowest BCUT2D eigenvalue weighted by Crippen LogP contribution is -2.31. The van der Waals surface area contributed by atoms with Gasteiger partial charge in [0.15, 0.2) is 0 Å². The third kappa shape index (κ3) is 3.68. The molecule has 1 N–H and O–H groups in total. The van der Waals surface area contributed by atoms with E-state index in [2.05, 4.69) is 35.2 Å². The number of anilines is 1. The highest BCUT2D eigenvalue weighted by molar-refractivity contribution is 5.43. The maximum Gasteiger partial charge on any atom is 0.0622 e. The topological polar surface area (TPSA) is 37.4 Å². The van der Waals surface area contributed by atoms with E-state index >= 15 is 0 Å². The Morgan fingerprint density at radius 1 is 1.56 bits per heavy atom. The van der Waals surface area contributed by atoms with Crippen molar-refractivity contribution in [3.8, 4) is 0 Å². The predicted octanol–water partition coefficient (Wildman–Crippen LogP) is 2.12. The van der Waals surface area contributed by atoms with Gasteiger partial charge in [0.25, 0.3) is 0 Å². The van der Waals surface area contributed by atoms with Crippen LogP contribution in [0.3, 0.4) is 0 Å². The molecule has 0 aliphatic carbocycles. The van der Waals surface area contributed by atoms with Crippen LogP contribution in [-0.2, 0) is 11.3 Å². The van der Waals surface area contributed by atoms with Crippen LogP contribution in [0.25, 0.3) is 0 Å². The molecule has 4 heteroatoms. The van der Waals surface area contributed by atoms with E-state index in [0.29, 0.717) is 6.04 Å². The van der Waals surface area contributed by atoms with Crippen LogP contribution in [0, 0.1) is 0 Å². The molecule has 18 heavy (non-hydrogen) atoms. The zero-order valence-corrected chi connectivity index (χ0v) is 11.4. The number of likely N-dealkylation sites (N-methyl/N-ethyl adjacent to an activating group) is 1. The first-order valence-electron chi connectivity index (χ1n) is 6.76. The summed E-state index contributed by atoms with van der Waals surface area (Å²) in [4.78, 5) is 6.77. The van der Waals surface area contributed by atoms with E-state index in [9.17, 15) is 0 Å². The average molecular weight is 249 g/mol. The summed E-state index contributed by atoms with van der Waals surface area (Å²) < 4.78 is 5.42. The van der Waals surface area contributed by atoms with Crippen molar-refractivity contribution in [2.45, 2.75) is 32.4 Å². The molecule has 1 aromatic rings. The molecule has 0 radical (unpaired) electrons. The summed E-state index contributed by atoms with van der Waals surface area (Å²) in [6, 6.07) is 4.71. The van der Waals surface area contributed by atoms with Gasteiger partial charge in [0.1, 0.15) is 0 Å². The summed E-state index contributed by atoms with van der Waals surface area (Å²) >= 11 is 0. The molecule has 1 aromatic heterocycles. The van der Waals surface area contributed by atoms with Crippen LogP contribution in [-0.4, -0.2) is 42.7 Å². The van der Waals surface area contributed by atoms with Gasteiger partial charge in [-0.25, -0.2) is 0 Å². The van der Waals surface area contributed by atoms with Gasteiger partial charge in [-0.05, 0) is 32.0 Å². The maximum atomic E-state index is 5.42. The largest absolute Gasteiger partial charge is 0.385 e. The highest BCUT2D eigenvalue weighted by atomic mass is 16.5. The smallest absolute Gasteiger partial charge is 0.0622 e. The molecule has 0 spiro atoms. The molecule has 0 bridgehead atoms. The SMILES string of the molecule is CCCNc1ccnc(CN(C)C2CCOC2)c1. The molecule has 2 heterocycles. The number of rotatable bonds is 6. The molecule has 0 aromatic carbocycles. The average Bonchev–Trinajstić information content (AvgIpc) is 2.91. The number of ether oxygens (including phenoxy) is 1. The van der Waals surface area contributed by atoms with E-state index in [4.69, 9.17) is 4.74 Å². The Morgan fingerprint density at radius 3 is 3.17 bits per heavy atom. The fourth-order valence-electron chi connectivity index (χ4n) is 2.20. The summed E-state index contributed by atoms with van der Waals surface area (Å²) in [5, 5.41) is 3.39. The second-order valence-corrected chi connectivity index (χ2v) is 4.90. The van der Waals surface area contributed by atoms with Crippen molar-refractivity contribution in [1.82, 2.24) is 9.88 Å². The van der Waals surface area contributed by atoms with Crippen LogP contribution in [0.15, 0.2) is 18.3 Å². The number of hydrogen-bond donors (Lipinski definition) is 1. The molecular formula is C14H23N3O. The quantitative estimate of drug-likeness (QED) is 0.838. The van der Waals surface area contributed by atoms with Gasteiger partial charge in [0.05, 0.1) is 12.3 Å². The zero-order valence-electron chi connectivity index (χ0n) is 11.4. The Labute approximate surface area is 109 Å². The molecule has 4 nitrogen and oxygen atoms in total. The summed E-state index contributed by atoms with van der Waals surface area (Å²) in [5.41, 5.74) is 2.28. The van der Waals surface area contributed by atoms with Crippen LogP contribution >= 0.6 is 0 Å². The third-order valence-electron chi connectivity index (χ3n) is 3.34. The zero-order chi connectivity index (χ0) is 12.8. The van der Waals surface area contributed by atoms with Crippen molar-refractivity contribution in [3.05, 3.63) is 24.0 Å². The van der Waals surface area contributed by atoms with Gasteiger partial charge >= 0.3 is 0 Å². The second kappa shape index (κ2) is 6.71. The van der Waals surface area contributed by atoms with Gasteiger partial charge in [-0.2, -0.15) is 0 Å². The van der Waals surface area contributed by atoms with Gasteiger partial charge in [-0.1, -0.05) is 6.92 Å². The molecule has 0 saturated carbocycles. The fraction of sp³-hybridized carbons (Fsp3) is 0.643. The van der Waals surface area contributed by atoms with Crippen molar-refractivity contribution >= 4 is 5.69 Å². The second-order valence-electron chi connectivity index (χ2n) is 4.90. The summed E-state index contributed by atoms with van der Waals surface area (Å²) in [6.07, 6.45) is 4.15. The number of pyridine rings is 1. The summed E-state index contributed by atoms with van der Waals surface area (Å²) in [6.45, 7) is 5.80. The Hall–Kier alpha value is -1.13. The van der Waals surface area contributed by atoms with E-state index in [1.165, 1.54) is 0 Å². The van der Waals surface area contributed by atoms with E-state index in [1.807, 2.05) is 12.3 Å². The Kier molecular flexibility index (Phi) is 4.96. The summed E-state index contributed by atoms with van der Waals surface area (Å²) in [5.74, 6) is 0. The molecular weight excluding hydrogens is 226 g/mol. The van der Waals surface area contributed by atoms with Crippen molar-refractivity contribution in [2.24, 2.45) is 0 Å². The lowest BCUT2D eigenvalue weighted by atomic mass is 10.2. The van der Waals surface area contributed by atoms with Crippen molar-refractivity contribution in [2.75, 3.05) is 32.1 Å². The van der Waals surface area contributed by atoms with Gasteiger partial charge in [0.2, 0.25) is 0 Å². The molecule has 1 unspecified atom stereocenters. The highest BCUT2D eigenvalue weighted by Crippen LogP contribution is 2.15. The van der Waals surface area contributed by atoms with Gasteiger partial charge < -0.3 is 10.1 Å². The molecule has 1 aliphatic heterocycles. The Bertz CT molecular complexity index is 364. The van der Waals surface area contributed by atoms with Crippen LogP contribution in [0.1, 0.15) is 25.5 Å². The normalized spacial score (nSPS) is 19.4. The van der Waals surface area contributed by atoms with E-state index in [0.717, 1.165) is 50.5 Å². The monoisotopic (exact) mass is 249 g/mol. The van der Waals surface area contributed by atoms with Crippen molar-refractivity contribution in [3.63, 3.8) is 0 Å². The number of nitrogens with one attached hydrogen (secondary N) is 1. The van der Waals surface area contributed by atoms with Gasteiger partial charge in [-0.3, -0.25) is 9.88 Å². The molecule has 1 aliphatic rings. The summed E-state index contributed by atoms with van der Waals surface area (Å²) in [7, 11) is 2.15. The molecule has 0 amide bonds. The minimum Gasteiger partial charge on any atom is -0.385 e. The maximum absolute atomic E-state index is 5.42. The lowest BCUT2D eigenvalue weighted by Gasteiger charge is -2.22. The predicted molar refractivity (Wildman–Crippen MR) is 73.7 cm³/mol. The Balaban J connectivity index is 1.91. The first-order valence-corrected chi connectivity index (χ1v) is 6.76. The molecule has 1 atom stereocenters. The number of nitrogens with zero attached hydrogens (tertiary/aromatic N) is 2. The van der Waals surface area contributed by atoms with E-state index in [-0.39, 0.29) is 0 Å². The minimum atomic E-state index is 0.541. The van der Waals surface area contributed by atoms with Crippen LogP contribution in [0.2, 0.25) is 0 Å². The van der Waals surface area contributed by atoms with Crippen molar-refractivity contribution < 1.29 is 4.74 Å². The fourth-order valence-corrected chi connectivity index (χ4v) is 2.20. The molecule has 2 rings (SSSR count). The number of aromatic nitrogens is 1. The van der Waals surface area contributed by atoms with Crippen LogP contribution < -0.4 is 5.32 Å². The first kappa shape index (κ1) is 13.3. The van der Waals surface area contributed by atoms with Gasteiger partial charge in [-0.15, -0.1) is 0 Å². The number of hydrogen-bond acceptors (Lipinski definition) is 4. The van der Waals surface area contributed by atoms with Crippen molar-refractivity contribution in [1.29, 1.82) is 0 Å². The third-order valence-corrected chi connectivity index (χ3v) is 3.34. The molecule has 1 fully saturated rings. The van der Waals surface area contributed by atoms with Crippen LogP contribution in [0.5, 0.6) is 0 Å². The Morgan fingerprint density at radius 2 is 2.44 bits per heavy atom. The first-order chi connectivity index (χ1) is 8.79. The molecule has 1 saturated heterocycles. The van der Waals surface area contributed by atoms with E-state index in [1.54, 1.807) is 0 Å². The van der Waals surface area contributed by atoms with Crippen LogP contribution in [0.4, 0.5) is 5.69 Å². The standard InChI is InChI=1S/C14H23N3O/c1-3-6-15-12-4-7-16-13(9-12)10-17(2)14-5-8-18-11-14/h4,7,9,14H,3,5-6,8,10-11H2,1-2H3,(H,15,16). The highest BCUT2D eigenvalue weighted by Gasteiger charge is 2.20. The lowest BCUT2D eigenvalue weighted by molar-refractivity contribution is 0.156.